The van der Waals surface area contributed by atoms with Gasteiger partial charge in [-0.25, -0.2) is 9.59 Å². The molecular weight excluding hydrogens is 2300 g/mol. The maximum atomic E-state index is 12.4. The summed E-state index contributed by atoms with van der Waals surface area (Å²) in [4.78, 5) is 86.9. The standard InChI is InChI=1S/C30H32IO5S.C29H30IO5S.C22H19BrIO2S.C22H19I2O2S/c1-22(31)29(33)35-24-13-17-27(18-14-24)37(25-9-5-3-6-10-25)26-15-11-23(12-16-26)34-21-28(32)36-30(2)19-7-4-8-20-30;1-21(30)28(32)34-23-12-16-26(17-13-23)36(24-8-4-3-5-9-24)25-14-10-22(11-15-25)33-20-27(31)35-29(2)18-6-7-19-29;2*1-22(2,24)21(25)26-17-10-14-20(15-11-17)27(18-6-4-3-5-7-18)19-12-8-16(23)9-13-19/h3,5-6,9-18,22H,4,7-8,19-21H2,1-2H3;3-5,8-17,21H,6-7,18-20H2,1-2H3;2*3-15H,1-2H3/q4*+1. The molecule has 0 aromatic heterocycles. The number of carbonyl (C=O) groups excluding carboxylic acids is 6. The highest BCUT2D eigenvalue weighted by Crippen LogP contribution is 2.40. The number of alkyl halides is 4. The average Bonchev–Trinajstić information content (AvgIpc) is 1.13. The SMILES string of the molecule is CC(C)(I)C(=O)Oc1ccc([S+](c2ccccc2)c2ccc(Br)cc2)cc1.CC(C)(I)C(=O)Oc1ccc([S+](c2ccccc2)c2ccc(I)cc2)cc1.CC(I)C(=O)Oc1ccc([S+](c2ccccc2)c2ccc(OCC(=O)OC3(C)CCCC3)cc2)cc1.CC(I)C(=O)Oc1ccc([S+](c2ccccc2)c2ccc(OCC(=O)OC3(C)CCCCC3)cc2)cc1. The molecule has 12 aromatic carbocycles. The minimum Gasteiger partial charge on any atom is -0.482 e. The summed E-state index contributed by atoms with van der Waals surface area (Å²) >= 11 is 14.1. The van der Waals surface area contributed by atoms with Crippen LogP contribution in [0.15, 0.2) is 379 Å². The third kappa shape index (κ3) is 31.1. The lowest BCUT2D eigenvalue weighted by Crippen LogP contribution is -2.35. The van der Waals surface area contributed by atoms with Crippen LogP contribution in [0.1, 0.15) is 113 Å². The van der Waals surface area contributed by atoms with Gasteiger partial charge in [-0.2, -0.15) is 0 Å². The number of benzene rings is 12. The quantitative estimate of drug-likeness (QED) is 0.0149. The van der Waals surface area contributed by atoms with Crippen molar-refractivity contribution in [3.8, 4) is 34.5 Å². The Labute approximate surface area is 834 Å². The molecule has 0 amide bonds. The molecule has 0 heterocycles. The van der Waals surface area contributed by atoms with E-state index in [-0.39, 0.29) is 112 Å². The zero-order chi connectivity index (χ0) is 90.7. The Bertz CT molecular complexity index is 5360. The van der Waals surface area contributed by atoms with Crippen molar-refractivity contribution in [2.75, 3.05) is 13.2 Å². The lowest BCUT2D eigenvalue weighted by Gasteiger charge is -2.33. The molecule has 0 N–H and O–H groups in total. The van der Waals surface area contributed by atoms with Crippen molar-refractivity contribution >= 4 is 208 Å². The number of esters is 6. The third-order valence-corrected chi connectivity index (χ3v) is 31.9. The van der Waals surface area contributed by atoms with Gasteiger partial charge >= 0.3 is 35.8 Å². The van der Waals surface area contributed by atoms with Gasteiger partial charge in [-0.15, -0.1) is 0 Å². The highest BCUT2D eigenvalue weighted by molar-refractivity contribution is 14.1. The molecule has 0 bridgehead atoms. The number of hydrogen-bond acceptors (Lipinski definition) is 14. The van der Waals surface area contributed by atoms with Crippen LogP contribution in [0.5, 0.6) is 34.5 Å². The fourth-order valence-electron chi connectivity index (χ4n) is 13.3. The molecular formula is C103H100BrI5O14S4+4. The van der Waals surface area contributed by atoms with E-state index in [0.717, 1.165) is 75.4 Å². The van der Waals surface area contributed by atoms with E-state index in [1.54, 1.807) is 13.8 Å². The Hall–Kier alpha value is -7.41. The predicted molar refractivity (Wildman–Crippen MR) is 554 cm³/mol. The molecule has 14 rings (SSSR count). The van der Waals surface area contributed by atoms with Crippen LogP contribution in [0.25, 0.3) is 0 Å². The smallest absolute Gasteiger partial charge is 0.344 e. The normalized spacial score (nSPS) is 14.6. The van der Waals surface area contributed by atoms with Crippen LogP contribution in [0.4, 0.5) is 0 Å². The summed E-state index contributed by atoms with van der Waals surface area (Å²) in [7, 11) is -1.16. The minimum absolute atomic E-state index is 0.102. The molecule has 0 spiro atoms. The summed E-state index contributed by atoms with van der Waals surface area (Å²) in [6, 6.07) is 105. The summed E-state index contributed by atoms with van der Waals surface area (Å²) in [6.45, 7) is 14.8. The van der Waals surface area contributed by atoms with E-state index in [2.05, 4.69) is 217 Å². The van der Waals surface area contributed by atoms with Gasteiger partial charge in [-0.3, -0.25) is 19.2 Å². The molecule has 2 aliphatic rings. The molecule has 127 heavy (non-hydrogen) atoms. The predicted octanol–water partition coefficient (Wildman–Crippen LogP) is 27.1. The van der Waals surface area contributed by atoms with Crippen LogP contribution in [-0.2, 0) is 81.8 Å². The van der Waals surface area contributed by atoms with Crippen LogP contribution in [0.3, 0.4) is 0 Å². The van der Waals surface area contributed by atoms with Crippen LogP contribution in [-0.4, -0.2) is 74.9 Å². The Morgan fingerprint density at radius 1 is 0.323 bits per heavy atom. The molecule has 24 heteroatoms. The zero-order valence-corrected chi connectivity index (χ0v) is 87.2. The van der Waals surface area contributed by atoms with Gasteiger partial charge in [0.1, 0.15) is 60.4 Å². The number of carbonyl (C=O) groups is 6. The van der Waals surface area contributed by atoms with E-state index >= 15 is 0 Å². The van der Waals surface area contributed by atoms with Gasteiger partial charge in [0.2, 0.25) is 0 Å². The van der Waals surface area contributed by atoms with Gasteiger partial charge < -0.3 is 37.9 Å². The van der Waals surface area contributed by atoms with Crippen LogP contribution >= 0.6 is 129 Å². The first-order chi connectivity index (χ1) is 60.8. The van der Waals surface area contributed by atoms with Gasteiger partial charge in [0.05, 0.1) is 43.6 Å². The Balaban J connectivity index is 0.000000166. The van der Waals surface area contributed by atoms with E-state index in [4.69, 9.17) is 37.9 Å². The Morgan fingerprint density at radius 2 is 0.535 bits per heavy atom. The summed E-state index contributed by atoms with van der Waals surface area (Å²) in [5.41, 5.74) is -0.717. The van der Waals surface area contributed by atoms with Crippen molar-refractivity contribution in [1.29, 1.82) is 0 Å². The van der Waals surface area contributed by atoms with Crippen molar-refractivity contribution in [2.24, 2.45) is 0 Å². The first-order valence-electron chi connectivity index (χ1n) is 41.4. The first-order valence-corrected chi connectivity index (χ1v) is 52.8. The van der Waals surface area contributed by atoms with Crippen molar-refractivity contribution < 1.29 is 66.7 Å². The minimum atomic E-state index is -0.553. The van der Waals surface area contributed by atoms with Crippen molar-refractivity contribution in [1.82, 2.24) is 0 Å². The number of ether oxygens (including phenoxy) is 8. The zero-order valence-electron chi connectivity index (χ0n) is 71.6. The van der Waals surface area contributed by atoms with Crippen molar-refractivity contribution in [3.63, 3.8) is 0 Å². The first kappa shape index (κ1) is 100. The van der Waals surface area contributed by atoms with Gasteiger partial charge in [-0.1, -0.05) is 186 Å². The molecule has 0 aliphatic heterocycles. The van der Waals surface area contributed by atoms with Crippen molar-refractivity contribution in [2.45, 2.75) is 198 Å². The van der Waals surface area contributed by atoms with Crippen LogP contribution in [0.2, 0.25) is 0 Å². The van der Waals surface area contributed by atoms with Crippen LogP contribution < -0.4 is 28.4 Å². The Kier molecular flexibility index (Phi) is 38.4. The summed E-state index contributed by atoms with van der Waals surface area (Å²) in [5.74, 6) is 1.80. The number of halogens is 6. The fourth-order valence-corrected chi connectivity index (χ4v) is 22.6. The molecule has 2 aliphatic carbocycles. The maximum absolute atomic E-state index is 12.4. The van der Waals surface area contributed by atoms with Gasteiger partial charge in [0, 0.05) is 8.04 Å². The highest BCUT2D eigenvalue weighted by atomic mass is 127. The van der Waals surface area contributed by atoms with Crippen LogP contribution in [0, 0.1) is 3.57 Å². The summed E-state index contributed by atoms with van der Waals surface area (Å²) in [6.07, 6.45) is 9.25. The second-order valence-electron chi connectivity index (χ2n) is 31.2. The second kappa shape index (κ2) is 48.7. The van der Waals surface area contributed by atoms with E-state index in [1.807, 2.05) is 269 Å². The van der Waals surface area contributed by atoms with E-state index < -0.39 is 6.84 Å². The van der Waals surface area contributed by atoms with Gasteiger partial charge in [-0.05, 0) is 372 Å². The molecule has 2 fully saturated rings. The van der Waals surface area contributed by atoms with E-state index in [9.17, 15) is 28.8 Å². The number of hydrogen-bond donors (Lipinski definition) is 0. The topological polar surface area (TPSA) is 176 Å². The maximum Gasteiger partial charge on any atom is 0.344 e. The summed E-state index contributed by atoms with van der Waals surface area (Å²) < 4.78 is 45.5. The molecule has 0 saturated heterocycles. The highest BCUT2D eigenvalue weighted by Gasteiger charge is 2.37. The lowest BCUT2D eigenvalue weighted by molar-refractivity contribution is -0.163. The third-order valence-electron chi connectivity index (χ3n) is 19.9. The molecule has 12 aromatic rings. The fraction of sp³-hybridized carbons (Fsp3) is 0.243. The molecule has 0 radical (unpaired) electrons. The Morgan fingerprint density at radius 3 is 0.780 bits per heavy atom. The monoisotopic (exact) mass is 2400 g/mol. The average molecular weight is 2400 g/mol. The molecule has 6 unspecified atom stereocenters. The van der Waals surface area contributed by atoms with E-state index in [1.165, 1.54) is 49.2 Å². The summed E-state index contributed by atoms with van der Waals surface area (Å²) in [5, 5.41) is 0. The lowest BCUT2D eigenvalue weighted by atomic mass is 9.86. The van der Waals surface area contributed by atoms with E-state index in [0.29, 0.717) is 34.5 Å². The largest absolute Gasteiger partial charge is 0.482 e. The van der Waals surface area contributed by atoms with Crippen molar-refractivity contribution in [3.05, 3.63) is 323 Å². The van der Waals surface area contributed by atoms with Gasteiger partial charge in [0.15, 0.2) is 72.0 Å². The molecule has 6 atom stereocenters. The number of rotatable bonds is 28. The molecule has 14 nitrogen and oxygen atoms in total. The van der Waals surface area contributed by atoms with Gasteiger partial charge in [0.25, 0.3) is 0 Å². The second-order valence-corrected chi connectivity index (χ2v) is 50.6. The molecule has 658 valence electrons. The molecule has 2 saturated carbocycles.